The van der Waals surface area contributed by atoms with Crippen molar-refractivity contribution in [1.82, 2.24) is 0 Å². The van der Waals surface area contributed by atoms with E-state index in [-0.39, 0.29) is 10.8 Å². The van der Waals surface area contributed by atoms with Gasteiger partial charge in [-0.2, -0.15) is 0 Å². The molecule has 2 rings (SSSR count). The molecule has 0 saturated heterocycles. The Morgan fingerprint density at radius 2 is 1.77 bits per heavy atom. The minimum absolute atomic E-state index is 0.0667. The lowest BCUT2D eigenvalue weighted by Gasteiger charge is -2.11. The van der Waals surface area contributed by atoms with Crippen molar-refractivity contribution in [1.29, 1.82) is 0 Å². The molecule has 0 aliphatic carbocycles. The van der Waals surface area contributed by atoms with E-state index >= 15 is 0 Å². The first-order valence-corrected chi connectivity index (χ1v) is 6.99. The number of nitro groups is 1. The van der Waals surface area contributed by atoms with Gasteiger partial charge in [0.25, 0.3) is 5.69 Å². The molecule has 2 aromatic carbocycles. The summed E-state index contributed by atoms with van der Waals surface area (Å²) in [7, 11) is 0. The second-order valence-corrected chi connectivity index (χ2v) is 5.44. The molecule has 0 amide bonds. The summed E-state index contributed by atoms with van der Waals surface area (Å²) in [6.45, 7) is 0. The van der Waals surface area contributed by atoms with Crippen LogP contribution in [0.25, 0.3) is 0 Å². The monoisotopic (exact) mass is 359 g/mol. The maximum Gasteiger partial charge on any atom is 0.295 e. The third-order valence-corrected chi connectivity index (χ3v) is 3.17. The summed E-state index contributed by atoms with van der Waals surface area (Å²) < 4.78 is 13.1. The fourth-order valence-electron chi connectivity index (χ4n) is 1.67. The molecule has 0 aliphatic rings. The Morgan fingerprint density at radius 1 is 1.14 bits per heavy atom. The summed E-state index contributed by atoms with van der Waals surface area (Å²) >= 11 is 16.8. The molecule has 9 heteroatoms. The highest BCUT2D eigenvalue weighted by Crippen LogP contribution is 2.26. The Morgan fingerprint density at radius 3 is 2.36 bits per heavy atom. The highest BCUT2D eigenvalue weighted by Gasteiger charge is 2.15. The van der Waals surface area contributed by atoms with Crippen LogP contribution in [0.2, 0.25) is 10.0 Å². The lowest BCUT2D eigenvalue weighted by atomic mass is 10.2. The number of anilines is 2. The van der Waals surface area contributed by atoms with Gasteiger partial charge in [0.2, 0.25) is 0 Å². The average molecular weight is 360 g/mol. The molecule has 114 valence electrons. The molecular weight excluding hydrogens is 352 g/mol. The molecule has 0 spiro atoms. The molecular formula is C13H8Cl2FN3O2S. The van der Waals surface area contributed by atoms with Gasteiger partial charge in [0.15, 0.2) is 5.11 Å². The summed E-state index contributed by atoms with van der Waals surface area (Å²) in [5, 5.41) is 17.2. The van der Waals surface area contributed by atoms with Crippen LogP contribution in [0, 0.1) is 15.9 Å². The molecule has 0 fully saturated rings. The minimum Gasteiger partial charge on any atom is -0.332 e. The number of nitrogens with zero attached hydrogens (tertiary/aromatic N) is 1. The molecule has 0 heterocycles. The van der Waals surface area contributed by atoms with Crippen molar-refractivity contribution in [2.24, 2.45) is 0 Å². The van der Waals surface area contributed by atoms with Gasteiger partial charge in [-0.05, 0) is 42.5 Å². The molecule has 0 unspecified atom stereocenters. The molecule has 5 nitrogen and oxygen atoms in total. The highest BCUT2D eigenvalue weighted by molar-refractivity contribution is 7.80. The van der Waals surface area contributed by atoms with Crippen LogP contribution in [-0.2, 0) is 0 Å². The second kappa shape index (κ2) is 6.87. The lowest BCUT2D eigenvalue weighted by molar-refractivity contribution is -0.384. The number of nitro benzene ring substituents is 1. The van der Waals surface area contributed by atoms with Crippen molar-refractivity contribution in [3.63, 3.8) is 0 Å². The first kappa shape index (κ1) is 16.4. The quantitative estimate of drug-likeness (QED) is 0.465. The fraction of sp³-hybridized carbons (Fsp3) is 0. The largest absolute Gasteiger partial charge is 0.332 e. The molecule has 0 aliphatic heterocycles. The van der Waals surface area contributed by atoms with Gasteiger partial charge < -0.3 is 10.6 Å². The van der Waals surface area contributed by atoms with E-state index in [0.29, 0.717) is 15.7 Å². The Bertz CT molecular complexity index is 738. The lowest BCUT2D eigenvalue weighted by Crippen LogP contribution is -2.19. The maximum absolute atomic E-state index is 13.1. The number of rotatable bonds is 3. The zero-order chi connectivity index (χ0) is 16.3. The summed E-state index contributed by atoms with van der Waals surface area (Å²) in [5.74, 6) is -0.710. The van der Waals surface area contributed by atoms with E-state index in [9.17, 15) is 14.5 Å². The van der Waals surface area contributed by atoms with Gasteiger partial charge in [0, 0.05) is 15.7 Å². The Labute approximate surface area is 140 Å². The third-order valence-electron chi connectivity index (χ3n) is 2.53. The number of thiocarbonyl (C=S) groups is 1. The van der Waals surface area contributed by atoms with Gasteiger partial charge in [0.1, 0.15) is 11.5 Å². The molecule has 22 heavy (non-hydrogen) atoms. The van der Waals surface area contributed by atoms with E-state index < -0.39 is 16.4 Å². The van der Waals surface area contributed by atoms with Crippen LogP contribution in [-0.4, -0.2) is 10.0 Å². The van der Waals surface area contributed by atoms with Crippen LogP contribution < -0.4 is 10.6 Å². The van der Waals surface area contributed by atoms with Crippen LogP contribution in [0.15, 0.2) is 36.4 Å². The number of nitrogens with one attached hydrogen (secondary N) is 2. The van der Waals surface area contributed by atoms with E-state index in [2.05, 4.69) is 10.6 Å². The summed E-state index contributed by atoms with van der Waals surface area (Å²) in [6.07, 6.45) is 0. The number of hydrogen-bond acceptors (Lipinski definition) is 3. The second-order valence-electron chi connectivity index (χ2n) is 4.16. The minimum atomic E-state index is -0.710. The van der Waals surface area contributed by atoms with Crippen molar-refractivity contribution in [3.05, 3.63) is 62.4 Å². The highest BCUT2D eigenvalue weighted by atomic mass is 35.5. The van der Waals surface area contributed by atoms with E-state index in [1.54, 1.807) is 18.2 Å². The topological polar surface area (TPSA) is 67.2 Å². The van der Waals surface area contributed by atoms with Gasteiger partial charge in [-0.15, -0.1) is 0 Å². The predicted octanol–water partition coefficient (Wildman–Crippen LogP) is 4.85. The predicted molar refractivity (Wildman–Crippen MR) is 89.4 cm³/mol. The average Bonchev–Trinajstić information content (AvgIpc) is 2.39. The number of benzene rings is 2. The Kier molecular flexibility index (Phi) is 5.12. The van der Waals surface area contributed by atoms with E-state index in [1.807, 2.05) is 0 Å². The molecule has 2 N–H and O–H groups in total. The van der Waals surface area contributed by atoms with Crippen molar-refractivity contribution in [2.45, 2.75) is 0 Å². The van der Waals surface area contributed by atoms with Gasteiger partial charge in [-0.3, -0.25) is 10.1 Å². The summed E-state index contributed by atoms with van der Waals surface area (Å²) in [5.41, 5.74) is 0.157. The normalized spacial score (nSPS) is 10.1. The Balaban J connectivity index is 2.17. The van der Waals surface area contributed by atoms with Crippen molar-refractivity contribution < 1.29 is 9.31 Å². The van der Waals surface area contributed by atoms with Gasteiger partial charge in [-0.1, -0.05) is 23.2 Å². The SMILES string of the molecule is O=[N+]([O-])c1cc(F)ccc1NC(=S)Nc1cc(Cl)cc(Cl)c1. The van der Waals surface area contributed by atoms with Crippen LogP contribution in [0.4, 0.5) is 21.5 Å². The molecule has 0 radical (unpaired) electrons. The number of halogens is 3. The van der Waals surface area contributed by atoms with Crippen molar-refractivity contribution in [3.8, 4) is 0 Å². The van der Waals surface area contributed by atoms with Gasteiger partial charge in [-0.25, -0.2) is 4.39 Å². The number of hydrogen-bond donors (Lipinski definition) is 2. The standard InChI is InChI=1S/C13H8Cl2FN3O2S/c14-7-3-8(15)5-10(4-7)17-13(22)18-11-2-1-9(16)6-12(11)19(20)21/h1-6H,(H2,17,18,22). The van der Waals surface area contributed by atoms with E-state index in [1.165, 1.54) is 6.07 Å². The molecule has 0 aromatic heterocycles. The van der Waals surface area contributed by atoms with Gasteiger partial charge >= 0.3 is 0 Å². The maximum atomic E-state index is 13.1. The fourth-order valence-corrected chi connectivity index (χ4v) is 2.43. The first-order valence-electron chi connectivity index (χ1n) is 5.83. The molecule has 0 atom stereocenters. The molecule has 0 saturated carbocycles. The van der Waals surface area contributed by atoms with Crippen LogP contribution in [0.5, 0.6) is 0 Å². The van der Waals surface area contributed by atoms with Crippen molar-refractivity contribution in [2.75, 3.05) is 10.6 Å². The third kappa shape index (κ3) is 4.27. The van der Waals surface area contributed by atoms with E-state index in [0.717, 1.165) is 12.1 Å². The zero-order valence-corrected chi connectivity index (χ0v) is 13.1. The van der Waals surface area contributed by atoms with Crippen LogP contribution in [0.3, 0.4) is 0 Å². The van der Waals surface area contributed by atoms with Crippen molar-refractivity contribution >= 4 is 57.6 Å². The van der Waals surface area contributed by atoms with Crippen LogP contribution >= 0.6 is 35.4 Å². The summed E-state index contributed by atoms with van der Waals surface area (Å²) in [6, 6.07) is 7.85. The first-order chi connectivity index (χ1) is 10.3. The summed E-state index contributed by atoms with van der Waals surface area (Å²) in [4.78, 5) is 10.2. The van der Waals surface area contributed by atoms with E-state index in [4.69, 9.17) is 35.4 Å². The smallest absolute Gasteiger partial charge is 0.295 e. The zero-order valence-electron chi connectivity index (χ0n) is 10.8. The van der Waals surface area contributed by atoms with Crippen LogP contribution in [0.1, 0.15) is 0 Å². The molecule has 0 bridgehead atoms. The Hall–Kier alpha value is -1.96. The van der Waals surface area contributed by atoms with Gasteiger partial charge in [0.05, 0.1) is 11.0 Å². The molecule has 2 aromatic rings.